The predicted molar refractivity (Wildman–Crippen MR) is 107 cm³/mol. The van der Waals surface area contributed by atoms with E-state index >= 15 is 0 Å². The van der Waals surface area contributed by atoms with E-state index in [1.807, 2.05) is 6.07 Å². The standard InChI is InChI=1S/C22H18N4O/c1-2-14-3-4-15-5-6-16(10-18(15)9-14)21-12-22(25-24-21)17-7-8-20(26-27)19(11-17)13-23/h3,5-8,10-11H,2,4,9,12H2,1H3. The van der Waals surface area contributed by atoms with Crippen LogP contribution >= 0.6 is 0 Å². The van der Waals surface area contributed by atoms with Gasteiger partial charge in [0, 0.05) is 6.42 Å². The van der Waals surface area contributed by atoms with Crippen LogP contribution in [0.25, 0.3) is 0 Å². The first kappa shape index (κ1) is 17.0. The first-order chi connectivity index (χ1) is 13.2. The second kappa shape index (κ2) is 7.08. The molecule has 2 aliphatic rings. The molecule has 0 radical (unpaired) electrons. The van der Waals surface area contributed by atoms with Crippen LogP contribution in [0.1, 0.15) is 47.6 Å². The van der Waals surface area contributed by atoms with Crippen LogP contribution in [0.15, 0.2) is 63.4 Å². The first-order valence-corrected chi connectivity index (χ1v) is 9.03. The fraction of sp³-hybridized carbons (Fsp3) is 0.227. The van der Waals surface area contributed by atoms with Gasteiger partial charge in [0.1, 0.15) is 11.8 Å². The number of hydrogen-bond acceptors (Lipinski definition) is 5. The Morgan fingerprint density at radius 2 is 1.78 bits per heavy atom. The summed E-state index contributed by atoms with van der Waals surface area (Å²) in [6, 6.07) is 13.5. The molecule has 5 nitrogen and oxygen atoms in total. The van der Waals surface area contributed by atoms with Gasteiger partial charge in [-0.15, -0.1) is 4.91 Å². The van der Waals surface area contributed by atoms with Gasteiger partial charge in [-0.05, 0) is 64.9 Å². The van der Waals surface area contributed by atoms with Crippen LogP contribution in [0.5, 0.6) is 0 Å². The van der Waals surface area contributed by atoms with Gasteiger partial charge in [-0.25, -0.2) is 0 Å². The molecule has 4 rings (SSSR count). The predicted octanol–water partition coefficient (Wildman–Crippen LogP) is 4.99. The highest BCUT2D eigenvalue weighted by Gasteiger charge is 2.19. The van der Waals surface area contributed by atoms with E-state index in [9.17, 15) is 10.2 Å². The van der Waals surface area contributed by atoms with Crippen LogP contribution in [0.3, 0.4) is 0 Å². The number of nitrogens with zero attached hydrogens (tertiary/aromatic N) is 4. The van der Waals surface area contributed by atoms with Crippen LogP contribution in [-0.2, 0) is 12.8 Å². The van der Waals surface area contributed by atoms with E-state index in [0.717, 1.165) is 41.8 Å². The van der Waals surface area contributed by atoms with E-state index in [0.29, 0.717) is 6.42 Å². The largest absolute Gasteiger partial charge is 0.192 e. The van der Waals surface area contributed by atoms with Crippen molar-refractivity contribution in [3.05, 3.63) is 80.8 Å². The number of nitroso groups, excluding NO2 is 1. The fourth-order valence-electron chi connectivity index (χ4n) is 3.56. The minimum Gasteiger partial charge on any atom is -0.192 e. The number of fused-ring (bicyclic) bond motifs is 1. The van der Waals surface area contributed by atoms with Gasteiger partial charge in [-0.2, -0.15) is 15.5 Å². The quantitative estimate of drug-likeness (QED) is 0.573. The maximum Gasteiger partial charge on any atom is 0.125 e. The summed E-state index contributed by atoms with van der Waals surface area (Å²) in [5.41, 5.74) is 8.26. The minimum atomic E-state index is 0.149. The molecule has 1 aliphatic heterocycles. The summed E-state index contributed by atoms with van der Waals surface area (Å²) >= 11 is 0. The first-order valence-electron chi connectivity index (χ1n) is 9.03. The summed E-state index contributed by atoms with van der Waals surface area (Å²) in [6.45, 7) is 2.20. The molecule has 0 N–H and O–H groups in total. The van der Waals surface area contributed by atoms with Crippen LogP contribution in [0.2, 0.25) is 0 Å². The maximum absolute atomic E-state index is 10.8. The number of allylic oxidation sites excluding steroid dienone is 2. The lowest BCUT2D eigenvalue weighted by Gasteiger charge is -2.17. The molecule has 0 saturated carbocycles. The molecule has 0 aromatic heterocycles. The molecule has 0 unspecified atom stereocenters. The molecular weight excluding hydrogens is 336 g/mol. The second-order valence-electron chi connectivity index (χ2n) is 6.79. The van der Waals surface area contributed by atoms with Gasteiger partial charge in [0.05, 0.1) is 17.0 Å². The highest BCUT2D eigenvalue weighted by Crippen LogP contribution is 2.27. The van der Waals surface area contributed by atoms with Crippen molar-refractivity contribution in [2.45, 2.75) is 32.6 Å². The molecule has 132 valence electrons. The van der Waals surface area contributed by atoms with Crippen LogP contribution in [0.4, 0.5) is 5.69 Å². The molecule has 5 heteroatoms. The Hall–Kier alpha value is -3.39. The fourth-order valence-corrected chi connectivity index (χ4v) is 3.56. The van der Waals surface area contributed by atoms with Crippen molar-refractivity contribution >= 4 is 17.1 Å². The molecule has 0 atom stereocenters. The Bertz CT molecular complexity index is 1070. The highest BCUT2D eigenvalue weighted by molar-refractivity contribution is 6.20. The van der Waals surface area contributed by atoms with Crippen molar-refractivity contribution in [1.29, 1.82) is 5.26 Å². The van der Waals surface area contributed by atoms with Crippen molar-refractivity contribution < 1.29 is 0 Å². The summed E-state index contributed by atoms with van der Waals surface area (Å²) in [5, 5.41) is 20.7. The summed E-state index contributed by atoms with van der Waals surface area (Å²) < 4.78 is 0. The highest BCUT2D eigenvalue weighted by atomic mass is 16.3. The van der Waals surface area contributed by atoms with E-state index in [1.165, 1.54) is 16.7 Å². The summed E-state index contributed by atoms with van der Waals surface area (Å²) in [7, 11) is 0. The van der Waals surface area contributed by atoms with Crippen molar-refractivity contribution in [2.75, 3.05) is 0 Å². The molecule has 0 saturated heterocycles. The zero-order chi connectivity index (χ0) is 18.8. The van der Waals surface area contributed by atoms with Crippen LogP contribution < -0.4 is 0 Å². The Labute approximate surface area is 157 Å². The molecule has 0 bridgehead atoms. The Morgan fingerprint density at radius 3 is 2.48 bits per heavy atom. The maximum atomic E-state index is 10.8. The zero-order valence-electron chi connectivity index (χ0n) is 15.1. The average molecular weight is 354 g/mol. The number of hydrogen-bond donors (Lipinski definition) is 0. The lowest BCUT2D eigenvalue weighted by atomic mass is 9.88. The average Bonchev–Trinajstić information content (AvgIpc) is 3.22. The Morgan fingerprint density at radius 1 is 1.04 bits per heavy atom. The zero-order valence-corrected chi connectivity index (χ0v) is 15.1. The summed E-state index contributed by atoms with van der Waals surface area (Å²) in [4.78, 5) is 10.8. The van der Waals surface area contributed by atoms with Gasteiger partial charge in [0.25, 0.3) is 0 Å². The molecular formula is C22H18N4O. The van der Waals surface area contributed by atoms with Crippen molar-refractivity contribution in [3.8, 4) is 6.07 Å². The third-order valence-corrected chi connectivity index (χ3v) is 5.20. The lowest BCUT2D eigenvalue weighted by molar-refractivity contribution is 0.937. The summed E-state index contributed by atoms with van der Waals surface area (Å²) in [5.74, 6) is 0. The minimum absolute atomic E-state index is 0.149. The van der Waals surface area contributed by atoms with Gasteiger partial charge in [0.15, 0.2) is 0 Å². The van der Waals surface area contributed by atoms with E-state index in [1.54, 1.807) is 18.2 Å². The monoisotopic (exact) mass is 354 g/mol. The third kappa shape index (κ3) is 3.22. The number of rotatable bonds is 4. The lowest BCUT2D eigenvalue weighted by Crippen LogP contribution is -2.08. The number of nitriles is 1. The second-order valence-corrected chi connectivity index (χ2v) is 6.79. The van der Waals surface area contributed by atoms with Gasteiger partial charge < -0.3 is 0 Å². The Balaban J connectivity index is 1.55. The number of benzene rings is 2. The SMILES string of the molecule is CCC1=CCc2ccc(C3=NN=C(c4ccc(N=O)c(C#N)c4)C3)cc2C1. The normalized spacial score (nSPS) is 15.3. The third-order valence-electron chi connectivity index (χ3n) is 5.20. The molecule has 27 heavy (non-hydrogen) atoms. The molecule has 2 aromatic rings. The van der Waals surface area contributed by atoms with Gasteiger partial charge >= 0.3 is 0 Å². The Kier molecular flexibility index (Phi) is 4.47. The molecule has 1 heterocycles. The van der Waals surface area contributed by atoms with E-state index in [2.05, 4.69) is 46.6 Å². The van der Waals surface area contributed by atoms with Gasteiger partial charge in [0.2, 0.25) is 0 Å². The topological polar surface area (TPSA) is 77.9 Å². The summed E-state index contributed by atoms with van der Waals surface area (Å²) in [6.07, 6.45) is 6.03. The smallest absolute Gasteiger partial charge is 0.125 e. The van der Waals surface area contributed by atoms with Crippen molar-refractivity contribution in [2.24, 2.45) is 15.4 Å². The molecule has 1 aliphatic carbocycles. The van der Waals surface area contributed by atoms with Crippen LogP contribution in [-0.4, -0.2) is 11.4 Å². The van der Waals surface area contributed by atoms with Gasteiger partial charge in [-0.3, -0.25) is 0 Å². The van der Waals surface area contributed by atoms with Crippen molar-refractivity contribution in [1.82, 2.24) is 0 Å². The van der Waals surface area contributed by atoms with Gasteiger partial charge in [-0.1, -0.05) is 36.8 Å². The van der Waals surface area contributed by atoms with E-state index < -0.39 is 0 Å². The van der Waals surface area contributed by atoms with Crippen LogP contribution in [0, 0.1) is 16.2 Å². The van der Waals surface area contributed by atoms with E-state index in [4.69, 9.17) is 0 Å². The molecule has 0 fully saturated rings. The molecule has 2 aromatic carbocycles. The molecule has 0 spiro atoms. The molecule has 0 amide bonds. The van der Waals surface area contributed by atoms with E-state index in [-0.39, 0.29) is 11.3 Å². The van der Waals surface area contributed by atoms with Crippen molar-refractivity contribution in [3.63, 3.8) is 0 Å².